The van der Waals surface area contributed by atoms with E-state index < -0.39 is 5.41 Å². The minimum absolute atomic E-state index is 0.0624. The number of fused-ring (bicyclic) bond motifs is 3. The molecule has 0 fully saturated rings. The topological polar surface area (TPSA) is 29.1 Å². The molecule has 0 aliphatic heterocycles. The van der Waals surface area contributed by atoms with Crippen LogP contribution in [0.5, 0.6) is 0 Å². The first kappa shape index (κ1) is 18.4. The Balaban J connectivity index is 1.83. The van der Waals surface area contributed by atoms with Gasteiger partial charge < -0.3 is 5.32 Å². The highest BCUT2D eigenvalue weighted by Crippen LogP contribution is 2.55. The van der Waals surface area contributed by atoms with Gasteiger partial charge in [0.05, 0.1) is 5.41 Å². The number of carbonyl (C=O) groups excluding carboxylic acids is 1. The van der Waals surface area contributed by atoms with E-state index in [9.17, 15) is 4.79 Å². The van der Waals surface area contributed by atoms with E-state index in [1.54, 1.807) is 0 Å². The molecule has 1 amide bonds. The summed E-state index contributed by atoms with van der Waals surface area (Å²) in [6.07, 6.45) is 0. The molecule has 0 aromatic heterocycles. The van der Waals surface area contributed by atoms with Gasteiger partial charge in [0, 0.05) is 12.6 Å². The van der Waals surface area contributed by atoms with E-state index in [1.807, 2.05) is 12.1 Å². The first-order chi connectivity index (χ1) is 14.6. The minimum atomic E-state index is -0.393. The van der Waals surface area contributed by atoms with Crippen LogP contribution in [0.25, 0.3) is 11.1 Å². The van der Waals surface area contributed by atoms with Crippen LogP contribution in [0.4, 0.5) is 5.69 Å². The monoisotopic (exact) mass is 389 g/mol. The summed E-state index contributed by atoms with van der Waals surface area (Å²) in [4.78, 5) is 11.5. The minimum Gasteiger partial charge on any atom is -0.326 e. The van der Waals surface area contributed by atoms with Gasteiger partial charge in [-0.1, -0.05) is 90.5 Å². The van der Waals surface area contributed by atoms with Crippen LogP contribution in [0.15, 0.2) is 97.1 Å². The lowest BCUT2D eigenvalue weighted by molar-refractivity contribution is -0.114. The number of rotatable bonds is 3. The van der Waals surface area contributed by atoms with Gasteiger partial charge in [-0.25, -0.2) is 0 Å². The van der Waals surface area contributed by atoms with Gasteiger partial charge in [-0.15, -0.1) is 0 Å². The van der Waals surface area contributed by atoms with Crippen molar-refractivity contribution < 1.29 is 4.79 Å². The summed E-state index contributed by atoms with van der Waals surface area (Å²) < 4.78 is 0. The molecule has 4 aromatic rings. The number of hydrogen-bond donors (Lipinski definition) is 1. The Hall–Kier alpha value is -3.65. The third-order valence-electron chi connectivity index (χ3n) is 6.08. The van der Waals surface area contributed by atoms with E-state index in [0.717, 1.165) is 5.69 Å². The largest absolute Gasteiger partial charge is 0.326 e. The van der Waals surface area contributed by atoms with Crippen molar-refractivity contribution in [2.24, 2.45) is 0 Å². The zero-order chi connectivity index (χ0) is 20.7. The highest BCUT2D eigenvalue weighted by molar-refractivity contribution is 5.89. The maximum absolute atomic E-state index is 11.5. The summed E-state index contributed by atoms with van der Waals surface area (Å²) >= 11 is 0. The zero-order valence-electron chi connectivity index (χ0n) is 17.1. The van der Waals surface area contributed by atoms with E-state index in [4.69, 9.17) is 0 Å². The van der Waals surface area contributed by atoms with E-state index in [2.05, 4.69) is 97.2 Å². The van der Waals surface area contributed by atoms with Gasteiger partial charge in [0.1, 0.15) is 0 Å². The Labute approximate surface area is 177 Å². The molecule has 1 aliphatic carbocycles. The average molecular weight is 389 g/mol. The number of hydrogen-bond acceptors (Lipinski definition) is 1. The molecule has 4 aromatic carbocycles. The van der Waals surface area contributed by atoms with Crippen LogP contribution >= 0.6 is 0 Å². The third kappa shape index (κ3) is 2.68. The van der Waals surface area contributed by atoms with Crippen molar-refractivity contribution in [3.63, 3.8) is 0 Å². The fraction of sp³-hybridized carbons (Fsp3) is 0.107. The van der Waals surface area contributed by atoms with Crippen LogP contribution in [0.2, 0.25) is 0 Å². The van der Waals surface area contributed by atoms with Gasteiger partial charge in [-0.05, 0) is 52.4 Å². The van der Waals surface area contributed by atoms with Crippen LogP contribution in [0.1, 0.15) is 34.7 Å². The van der Waals surface area contributed by atoms with Crippen LogP contribution in [0.3, 0.4) is 0 Å². The molecule has 2 nitrogen and oxygen atoms in total. The molecule has 0 saturated heterocycles. The van der Waals surface area contributed by atoms with Gasteiger partial charge in [-0.3, -0.25) is 4.79 Å². The van der Waals surface area contributed by atoms with Crippen LogP contribution in [-0.2, 0) is 10.2 Å². The SMILES string of the molecule is CC(=O)Nc1ccc(C2(c3ccc(C)cc3)c3ccccc3-c3ccccc32)cc1. The number of anilines is 1. The Morgan fingerprint density at radius 2 is 1.13 bits per heavy atom. The Bertz CT molecular complexity index is 1190. The number of carbonyl (C=O) groups is 1. The highest BCUT2D eigenvalue weighted by atomic mass is 16.1. The molecule has 2 heteroatoms. The van der Waals surface area contributed by atoms with Crippen molar-refractivity contribution in [2.75, 3.05) is 5.32 Å². The first-order valence-corrected chi connectivity index (χ1v) is 10.3. The van der Waals surface area contributed by atoms with Gasteiger partial charge in [0.2, 0.25) is 5.91 Å². The summed E-state index contributed by atoms with van der Waals surface area (Å²) in [7, 11) is 0. The average Bonchev–Trinajstić information content (AvgIpc) is 3.06. The first-order valence-electron chi connectivity index (χ1n) is 10.3. The summed E-state index contributed by atoms with van der Waals surface area (Å²) in [6.45, 7) is 3.65. The lowest BCUT2D eigenvalue weighted by Gasteiger charge is -2.34. The quantitative estimate of drug-likeness (QED) is 0.384. The van der Waals surface area contributed by atoms with Crippen LogP contribution in [-0.4, -0.2) is 5.91 Å². The normalized spacial score (nSPS) is 13.4. The predicted octanol–water partition coefficient (Wildman–Crippen LogP) is 6.32. The van der Waals surface area contributed by atoms with Crippen molar-refractivity contribution in [1.29, 1.82) is 0 Å². The molecule has 5 rings (SSSR count). The molecule has 0 unspecified atom stereocenters. The Kier molecular flexibility index (Phi) is 4.29. The standard InChI is InChI=1S/C28H23NO/c1-19-11-13-21(14-12-19)28(22-15-17-23(18-16-22)29-20(2)30)26-9-5-3-7-24(26)25-8-4-6-10-27(25)28/h3-18H,1-2H3,(H,29,30). The van der Waals surface area contributed by atoms with Crippen LogP contribution in [0, 0.1) is 6.92 Å². The zero-order valence-corrected chi connectivity index (χ0v) is 17.1. The summed E-state index contributed by atoms with van der Waals surface area (Å²) in [5.41, 5.74) is 9.24. The number of amides is 1. The fourth-order valence-electron chi connectivity index (χ4n) is 4.83. The maximum atomic E-state index is 11.5. The number of aryl methyl sites for hydroxylation is 1. The molecule has 30 heavy (non-hydrogen) atoms. The van der Waals surface area contributed by atoms with Crippen LogP contribution < -0.4 is 5.32 Å². The van der Waals surface area contributed by atoms with Crippen molar-refractivity contribution in [3.8, 4) is 11.1 Å². The summed E-state index contributed by atoms with van der Waals surface area (Å²) in [5.74, 6) is -0.0624. The molecule has 0 atom stereocenters. The fourth-order valence-corrected chi connectivity index (χ4v) is 4.83. The smallest absolute Gasteiger partial charge is 0.221 e. The van der Waals surface area contributed by atoms with Gasteiger partial charge >= 0.3 is 0 Å². The summed E-state index contributed by atoms with van der Waals surface area (Å²) in [6, 6.07) is 34.5. The van der Waals surface area contributed by atoms with Crippen molar-refractivity contribution in [1.82, 2.24) is 0 Å². The van der Waals surface area contributed by atoms with Crippen molar-refractivity contribution >= 4 is 11.6 Å². The molecule has 1 N–H and O–H groups in total. The van der Waals surface area contributed by atoms with Gasteiger partial charge in [-0.2, -0.15) is 0 Å². The molecule has 0 heterocycles. The van der Waals surface area contributed by atoms with E-state index in [1.165, 1.54) is 45.9 Å². The Morgan fingerprint density at radius 3 is 1.63 bits per heavy atom. The number of benzene rings is 4. The van der Waals surface area contributed by atoms with Gasteiger partial charge in [0.15, 0.2) is 0 Å². The second kappa shape index (κ2) is 7.00. The van der Waals surface area contributed by atoms with E-state index in [-0.39, 0.29) is 5.91 Å². The maximum Gasteiger partial charge on any atom is 0.221 e. The second-order valence-corrected chi connectivity index (χ2v) is 7.97. The molecular formula is C28H23NO. The lowest BCUT2D eigenvalue weighted by Crippen LogP contribution is -2.28. The van der Waals surface area contributed by atoms with Gasteiger partial charge in [0.25, 0.3) is 0 Å². The molecule has 0 bridgehead atoms. The molecule has 1 aliphatic rings. The highest BCUT2D eigenvalue weighted by Gasteiger charge is 2.45. The van der Waals surface area contributed by atoms with E-state index in [0.29, 0.717) is 0 Å². The van der Waals surface area contributed by atoms with Crippen molar-refractivity contribution in [2.45, 2.75) is 19.3 Å². The molecular weight excluding hydrogens is 366 g/mol. The molecule has 0 radical (unpaired) electrons. The predicted molar refractivity (Wildman–Crippen MR) is 123 cm³/mol. The molecule has 0 saturated carbocycles. The number of nitrogens with one attached hydrogen (secondary N) is 1. The third-order valence-corrected chi connectivity index (χ3v) is 6.08. The Morgan fingerprint density at radius 1 is 0.667 bits per heavy atom. The van der Waals surface area contributed by atoms with E-state index >= 15 is 0 Å². The molecule has 146 valence electrons. The second-order valence-electron chi connectivity index (χ2n) is 7.97. The lowest BCUT2D eigenvalue weighted by atomic mass is 9.67. The molecule has 0 spiro atoms. The summed E-state index contributed by atoms with van der Waals surface area (Å²) in [5, 5.41) is 2.88. The van der Waals surface area contributed by atoms with Crippen molar-refractivity contribution in [3.05, 3.63) is 125 Å².